The zero-order valence-electron chi connectivity index (χ0n) is 3.35. The molecule has 0 bridgehead atoms. The Hall–Kier alpha value is 0.790. The molecule has 0 radical (unpaired) electrons. The predicted molar refractivity (Wildman–Crippen MR) is 33.5 cm³/mol. The summed E-state index contributed by atoms with van der Waals surface area (Å²) in [5, 5.41) is 0.987. The Labute approximate surface area is 50.5 Å². The molecule has 0 aromatic rings. The number of hydrogen-bond acceptors (Lipinski definition) is 2. The Morgan fingerprint density at radius 1 is 1.67 bits per heavy atom. The number of hydrogen-bond donors (Lipinski definition) is 1. The summed E-state index contributed by atoms with van der Waals surface area (Å²) in [5.41, 5.74) is 0. The minimum atomic E-state index is 0.839. The highest BCUT2D eigenvalue weighted by molar-refractivity contribution is 9.09. The third kappa shape index (κ3) is 4.79. The van der Waals surface area contributed by atoms with Crippen molar-refractivity contribution in [1.29, 1.82) is 0 Å². The molecule has 0 aromatic heterocycles. The van der Waals surface area contributed by atoms with E-state index in [1.807, 2.05) is 0 Å². The van der Waals surface area contributed by atoms with Crippen LogP contribution in [-0.2, 0) is 0 Å². The Kier molecular flexibility index (Phi) is 6.55. The van der Waals surface area contributed by atoms with Crippen LogP contribution in [0.3, 0.4) is 0 Å². The third-order valence-corrected chi connectivity index (χ3v) is 1.40. The highest BCUT2D eigenvalue weighted by atomic mass is 79.9. The lowest BCUT2D eigenvalue weighted by atomic mass is 10.6. The molecule has 0 rings (SSSR count). The van der Waals surface area contributed by atoms with Crippen molar-refractivity contribution in [2.45, 2.75) is 6.42 Å². The van der Waals surface area contributed by atoms with Crippen molar-refractivity contribution in [2.75, 3.05) is 11.1 Å². The van der Waals surface area contributed by atoms with Crippen LogP contribution in [0.4, 0.5) is 0 Å². The molecule has 0 amide bonds. The van der Waals surface area contributed by atoms with E-state index in [9.17, 15) is 0 Å². The zero-order valence-corrected chi connectivity index (χ0v) is 5.76. The van der Waals surface area contributed by atoms with Crippen molar-refractivity contribution in [1.82, 2.24) is 0 Å². The first-order valence-corrected chi connectivity index (χ1v) is 3.80. The van der Waals surface area contributed by atoms with Crippen LogP contribution in [0.2, 0.25) is 0 Å². The molecule has 0 fully saturated rings. The fourth-order valence-electron chi connectivity index (χ4n) is 0.119. The normalized spacial score (nSPS) is 9.00. The maximum absolute atomic E-state index is 8.09. The maximum Gasteiger partial charge on any atom is 0.0203 e. The van der Waals surface area contributed by atoms with E-state index >= 15 is 0 Å². The lowest BCUT2D eigenvalue weighted by Crippen LogP contribution is -1.75. The van der Waals surface area contributed by atoms with Gasteiger partial charge in [-0.2, -0.15) is 0 Å². The monoisotopic (exact) mass is 170 g/mol. The fourth-order valence-corrected chi connectivity index (χ4v) is 1.04. The molecule has 1 nitrogen and oxygen atoms in total. The van der Waals surface area contributed by atoms with Crippen molar-refractivity contribution in [3.05, 3.63) is 0 Å². The van der Waals surface area contributed by atoms with E-state index in [2.05, 4.69) is 15.9 Å². The van der Waals surface area contributed by atoms with E-state index in [1.54, 1.807) is 0 Å². The molecule has 0 saturated carbocycles. The van der Waals surface area contributed by atoms with E-state index < -0.39 is 0 Å². The summed E-state index contributed by atoms with van der Waals surface area (Å²) >= 11 is 4.12. The van der Waals surface area contributed by atoms with Gasteiger partial charge in [0.1, 0.15) is 0 Å². The molecule has 0 aliphatic heterocycles. The molecule has 0 aliphatic rings. The molecule has 3 heteroatoms. The molecule has 0 unspecified atom stereocenters. The molecule has 0 atom stereocenters. The molecule has 0 aromatic carbocycles. The van der Waals surface area contributed by atoms with Crippen LogP contribution in [0.5, 0.6) is 0 Å². The zero-order chi connectivity index (χ0) is 4.83. The van der Waals surface area contributed by atoms with Gasteiger partial charge in [-0.15, -0.1) is 0 Å². The number of rotatable bonds is 3. The van der Waals surface area contributed by atoms with Crippen molar-refractivity contribution in [3.8, 4) is 0 Å². The molecule has 0 aliphatic carbocycles. The minimum Gasteiger partial charge on any atom is -0.330 e. The Morgan fingerprint density at radius 2 is 2.33 bits per heavy atom. The second kappa shape index (κ2) is 5.79. The summed E-state index contributed by atoms with van der Waals surface area (Å²) in [6.07, 6.45) is 1.04. The van der Waals surface area contributed by atoms with Crippen molar-refractivity contribution >= 4 is 28.0 Å². The quantitative estimate of drug-likeness (QED) is 0.398. The molecule has 6 heavy (non-hydrogen) atoms. The van der Waals surface area contributed by atoms with Gasteiger partial charge in [0.2, 0.25) is 0 Å². The average Bonchev–Trinajstić information content (AvgIpc) is 1.61. The first kappa shape index (κ1) is 6.79. The van der Waals surface area contributed by atoms with Crippen molar-refractivity contribution in [2.24, 2.45) is 0 Å². The molecule has 1 N–H and O–H groups in total. The molecule has 0 spiro atoms. The van der Waals surface area contributed by atoms with Crippen molar-refractivity contribution in [3.63, 3.8) is 0 Å². The van der Waals surface area contributed by atoms with Crippen LogP contribution >= 0.6 is 28.0 Å². The summed E-state index contributed by atoms with van der Waals surface area (Å²) in [7, 11) is 0. The van der Waals surface area contributed by atoms with Crippen LogP contribution in [-0.4, -0.2) is 15.6 Å². The van der Waals surface area contributed by atoms with Gasteiger partial charge in [0.05, 0.1) is 0 Å². The standard InChI is InChI=1S/C3H7BrOS/c4-2-1-3-6-5/h5H,1-3H2. The lowest BCUT2D eigenvalue weighted by molar-refractivity contribution is 0.662. The number of alkyl halides is 1. The first-order valence-electron chi connectivity index (χ1n) is 1.74. The van der Waals surface area contributed by atoms with Gasteiger partial charge in [-0.25, -0.2) is 0 Å². The topological polar surface area (TPSA) is 20.2 Å². The molecule has 0 heterocycles. The summed E-state index contributed by atoms with van der Waals surface area (Å²) in [5.74, 6) is 0.839. The van der Waals surface area contributed by atoms with E-state index in [1.165, 1.54) is 0 Å². The van der Waals surface area contributed by atoms with Crippen LogP contribution in [0, 0.1) is 0 Å². The van der Waals surface area contributed by atoms with E-state index in [0.717, 1.165) is 29.5 Å². The maximum atomic E-state index is 8.09. The second-order valence-corrected chi connectivity index (χ2v) is 2.34. The Morgan fingerprint density at radius 3 is 2.50 bits per heavy atom. The Balaban J connectivity index is 2.34. The van der Waals surface area contributed by atoms with Crippen LogP contribution in [0.1, 0.15) is 6.42 Å². The van der Waals surface area contributed by atoms with Gasteiger partial charge in [0.15, 0.2) is 0 Å². The average molecular weight is 171 g/mol. The second-order valence-electron chi connectivity index (χ2n) is 0.876. The SMILES string of the molecule is OSCCCBr. The smallest absolute Gasteiger partial charge is 0.0203 e. The van der Waals surface area contributed by atoms with E-state index in [-0.39, 0.29) is 0 Å². The van der Waals surface area contributed by atoms with Crippen LogP contribution in [0.15, 0.2) is 0 Å². The summed E-state index contributed by atoms with van der Waals surface area (Å²) in [6, 6.07) is 0. The van der Waals surface area contributed by atoms with Gasteiger partial charge in [-0.3, -0.25) is 0 Å². The van der Waals surface area contributed by atoms with Gasteiger partial charge >= 0.3 is 0 Å². The van der Waals surface area contributed by atoms with E-state index in [0.29, 0.717) is 0 Å². The van der Waals surface area contributed by atoms with Crippen LogP contribution < -0.4 is 0 Å². The van der Waals surface area contributed by atoms with Gasteiger partial charge in [-0.05, 0) is 18.5 Å². The molecule has 0 saturated heterocycles. The summed E-state index contributed by atoms with van der Waals surface area (Å²) in [4.78, 5) is 0. The van der Waals surface area contributed by atoms with Crippen LogP contribution in [0.25, 0.3) is 0 Å². The molecule has 38 valence electrons. The van der Waals surface area contributed by atoms with Gasteiger partial charge < -0.3 is 4.55 Å². The highest BCUT2D eigenvalue weighted by Gasteiger charge is 1.78. The predicted octanol–water partition coefficient (Wildman–Crippen LogP) is 1.98. The fraction of sp³-hybridized carbons (Fsp3) is 1.00. The number of halogens is 1. The minimum absolute atomic E-state index is 0.839. The van der Waals surface area contributed by atoms with Crippen molar-refractivity contribution < 1.29 is 4.55 Å². The van der Waals surface area contributed by atoms with Gasteiger partial charge in [0, 0.05) is 11.1 Å². The first-order chi connectivity index (χ1) is 2.91. The Bertz CT molecular complexity index is 22.8. The van der Waals surface area contributed by atoms with Gasteiger partial charge in [0.25, 0.3) is 0 Å². The van der Waals surface area contributed by atoms with Gasteiger partial charge in [-0.1, -0.05) is 15.9 Å². The lowest BCUT2D eigenvalue weighted by Gasteiger charge is -1.83. The largest absolute Gasteiger partial charge is 0.330 e. The summed E-state index contributed by atoms with van der Waals surface area (Å²) < 4.78 is 8.09. The third-order valence-electron chi connectivity index (χ3n) is 0.369. The summed E-state index contributed by atoms with van der Waals surface area (Å²) in [6.45, 7) is 0. The molecular formula is C3H7BrOS. The molecular weight excluding hydrogens is 164 g/mol. The highest BCUT2D eigenvalue weighted by Crippen LogP contribution is 1.96. The van der Waals surface area contributed by atoms with E-state index in [4.69, 9.17) is 4.55 Å².